The Kier molecular flexibility index (Phi) is 5.01. The third kappa shape index (κ3) is 3.71. The van der Waals surface area contributed by atoms with Crippen molar-refractivity contribution in [3.8, 4) is 23.1 Å². The largest absolute Gasteiger partial charge is 0.493 e. The highest BCUT2D eigenvalue weighted by Gasteiger charge is 2.35. The van der Waals surface area contributed by atoms with E-state index < -0.39 is 11.7 Å². The molecule has 2 N–H and O–H groups in total. The Bertz CT molecular complexity index is 1020. The first-order valence-corrected chi connectivity index (χ1v) is 8.12. The number of aryl methyl sites for hydroxylation is 1. The predicted octanol–water partition coefficient (Wildman–Crippen LogP) is 3.25. The second kappa shape index (κ2) is 7.25. The Balaban J connectivity index is 2.11. The molecule has 0 bridgehead atoms. The number of nitrogens with two attached hydrogens (primary N) is 1. The minimum atomic E-state index is -4.59. The maximum absolute atomic E-state index is 13.5. The second-order valence-electron chi connectivity index (χ2n) is 5.89. The van der Waals surface area contributed by atoms with Crippen molar-refractivity contribution in [2.45, 2.75) is 12.6 Å². The molecular weight excluding hydrogens is 359 g/mol. The van der Waals surface area contributed by atoms with Gasteiger partial charge in [-0.05, 0) is 37.2 Å². The average molecular weight is 375 g/mol. The molecule has 0 radical (unpaired) electrons. The van der Waals surface area contributed by atoms with E-state index in [0.29, 0.717) is 24.0 Å². The van der Waals surface area contributed by atoms with Crippen LogP contribution >= 0.6 is 0 Å². The quantitative estimate of drug-likeness (QED) is 0.692. The lowest BCUT2D eigenvalue weighted by atomic mass is 10.1. The van der Waals surface area contributed by atoms with Gasteiger partial charge in [0.05, 0.1) is 29.7 Å². The number of nitriles is 1. The number of imidazole rings is 1. The zero-order valence-corrected chi connectivity index (χ0v) is 14.4. The van der Waals surface area contributed by atoms with Gasteiger partial charge in [0.1, 0.15) is 17.3 Å². The van der Waals surface area contributed by atoms with Gasteiger partial charge < -0.3 is 15.0 Å². The van der Waals surface area contributed by atoms with Crippen LogP contribution in [-0.4, -0.2) is 27.7 Å². The normalized spacial score (nSPS) is 11.6. The van der Waals surface area contributed by atoms with E-state index in [1.54, 1.807) is 17.7 Å². The Morgan fingerprint density at radius 2 is 2.07 bits per heavy atom. The molecule has 0 aliphatic carbocycles. The fourth-order valence-corrected chi connectivity index (χ4v) is 2.66. The first kappa shape index (κ1) is 18.7. The van der Waals surface area contributed by atoms with Gasteiger partial charge in [-0.2, -0.15) is 18.4 Å². The number of fused-ring (bicyclic) bond motifs is 1. The molecule has 1 aromatic carbocycles. The molecule has 0 fully saturated rings. The molecule has 0 amide bonds. The van der Waals surface area contributed by atoms with Crippen LogP contribution in [0.4, 0.5) is 13.2 Å². The summed E-state index contributed by atoms with van der Waals surface area (Å²) in [7, 11) is 1.73. The maximum atomic E-state index is 13.5. The third-order valence-electron chi connectivity index (χ3n) is 4.01. The molecule has 0 atom stereocenters. The highest BCUT2D eigenvalue weighted by atomic mass is 19.4. The molecule has 2 heterocycles. The van der Waals surface area contributed by atoms with Gasteiger partial charge in [0.15, 0.2) is 5.69 Å². The molecule has 0 saturated heterocycles. The van der Waals surface area contributed by atoms with Crippen molar-refractivity contribution < 1.29 is 17.9 Å². The number of hydrogen-bond donors (Lipinski definition) is 1. The highest BCUT2D eigenvalue weighted by Crippen LogP contribution is 2.39. The van der Waals surface area contributed by atoms with Gasteiger partial charge in [0, 0.05) is 12.6 Å². The minimum Gasteiger partial charge on any atom is -0.493 e. The fraction of sp³-hybridized carbons (Fsp3) is 0.278. The average Bonchev–Trinajstić information content (AvgIpc) is 3.01. The van der Waals surface area contributed by atoms with E-state index in [4.69, 9.17) is 10.5 Å². The van der Waals surface area contributed by atoms with Crippen molar-refractivity contribution in [3.05, 3.63) is 41.9 Å². The molecule has 3 aromatic rings. The van der Waals surface area contributed by atoms with Crippen LogP contribution < -0.4 is 10.5 Å². The summed E-state index contributed by atoms with van der Waals surface area (Å²) in [6.07, 6.45) is -2.63. The van der Waals surface area contributed by atoms with Gasteiger partial charge in [-0.3, -0.25) is 0 Å². The van der Waals surface area contributed by atoms with Crippen LogP contribution in [0.3, 0.4) is 0 Å². The molecule has 0 saturated carbocycles. The van der Waals surface area contributed by atoms with E-state index >= 15 is 0 Å². The topological polar surface area (TPSA) is 89.8 Å². The van der Waals surface area contributed by atoms with Crippen LogP contribution in [-0.2, 0) is 13.2 Å². The van der Waals surface area contributed by atoms with Crippen LogP contribution in [0.2, 0.25) is 0 Å². The number of aromatic nitrogens is 3. The van der Waals surface area contributed by atoms with Crippen molar-refractivity contribution in [3.63, 3.8) is 0 Å². The van der Waals surface area contributed by atoms with Gasteiger partial charge >= 0.3 is 6.18 Å². The highest BCUT2D eigenvalue weighted by molar-refractivity contribution is 5.84. The van der Waals surface area contributed by atoms with Gasteiger partial charge in [0.2, 0.25) is 0 Å². The molecule has 0 aliphatic heterocycles. The molecule has 2 aromatic heterocycles. The lowest BCUT2D eigenvalue weighted by Crippen LogP contribution is -2.11. The maximum Gasteiger partial charge on any atom is 0.419 e. The molecular formula is C18H16F3N5O. The van der Waals surface area contributed by atoms with Crippen LogP contribution in [0.15, 0.2) is 30.6 Å². The van der Waals surface area contributed by atoms with Gasteiger partial charge in [-0.15, -0.1) is 0 Å². The summed E-state index contributed by atoms with van der Waals surface area (Å²) >= 11 is 0. The van der Waals surface area contributed by atoms with Crippen LogP contribution in [0.5, 0.6) is 5.75 Å². The van der Waals surface area contributed by atoms with Crippen molar-refractivity contribution in [1.29, 1.82) is 5.26 Å². The van der Waals surface area contributed by atoms with E-state index in [-0.39, 0.29) is 29.3 Å². The van der Waals surface area contributed by atoms with Crippen molar-refractivity contribution in [2.75, 3.05) is 13.2 Å². The fourth-order valence-electron chi connectivity index (χ4n) is 2.66. The number of nitrogens with zero attached hydrogens (tertiary/aromatic N) is 4. The van der Waals surface area contributed by atoms with Crippen LogP contribution in [0, 0.1) is 11.3 Å². The number of benzene rings is 1. The van der Waals surface area contributed by atoms with E-state index in [1.807, 2.05) is 6.07 Å². The summed E-state index contributed by atoms with van der Waals surface area (Å²) < 4.78 is 47.3. The summed E-state index contributed by atoms with van der Waals surface area (Å²) in [6, 6.07) is 7.26. The molecule has 0 spiro atoms. The van der Waals surface area contributed by atoms with Crippen molar-refractivity contribution >= 4 is 11.0 Å². The van der Waals surface area contributed by atoms with E-state index in [2.05, 4.69) is 9.97 Å². The number of halogens is 3. The zero-order valence-electron chi connectivity index (χ0n) is 14.4. The Hall–Kier alpha value is -3.12. The lowest BCUT2D eigenvalue weighted by Gasteiger charge is -2.15. The number of rotatable bonds is 5. The summed E-state index contributed by atoms with van der Waals surface area (Å²) in [5, 5.41) is 9.29. The van der Waals surface area contributed by atoms with E-state index in [1.165, 1.54) is 18.5 Å². The van der Waals surface area contributed by atoms with E-state index in [0.717, 1.165) is 6.07 Å². The number of pyridine rings is 1. The summed E-state index contributed by atoms with van der Waals surface area (Å²) in [6.45, 7) is 0.418. The summed E-state index contributed by atoms with van der Waals surface area (Å²) in [5.41, 5.74) is 5.99. The lowest BCUT2D eigenvalue weighted by molar-refractivity contribution is -0.138. The molecule has 27 heavy (non-hydrogen) atoms. The van der Waals surface area contributed by atoms with Crippen LogP contribution in [0.1, 0.15) is 17.7 Å². The molecule has 0 aliphatic rings. The second-order valence-corrected chi connectivity index (χ2v) is 5.89. The molecule has 6 nitrogen and oxygen atoms in total. The Morgan fingerprint density at radius 1 is 1.30 bits per heavy atom. The molecule has 9 heteroatoms. The number of hydrogen-bond acceptors (Lipinski definition) is 5. The summed E-state index contributed by atoms with van der Waals surface area (Å²) in [4.78, 5) is 8.27. The summed E-state index contributed by atoms with van der Waals surface area (Å²) in [5.74, 6) is -0.262. The Morgan fingerprint density at radius 3 is 2.74 bits per heavy atom. The third-order valence-corrected chi connectivity index (χ3v) is 4.01. The molecule has 140 valence electrons. The van der Waals surface area contributed by atoms with Gasteiger partial charge in [0.25, 0.3) is 0 Å². The Labute approximate surface area is 153 Å². The molecule has 3 rings (SSSR count). The van der Waals surface area contributed by atoms with E-state index in [9.17, 15) is 18.4 Å². The monoisotopic (exact) mass is 375 g/mol. The van der Waals surface area contributed by atoms with Crippen LogP contribution in [0.25, 0.3) is 22.3 Å². The standard InChI is InChI=1S/C18H16F3N5O/c1-26-10-24-17-14(9-23)25-13(8-15(17)26)11-3-4-16(27-6-2-5-22)12(7-11)18(19,20)21/h3-4,7-8,10H,2,5-6,22H2,1H3. The number of ether oxygens (including phenoxy) is 1. The van der Waals surface area contributed by atoms with Crippen molar-refractivity contribution in [1.82, 2.24) is 14.5 Å². The minimum absolute atomic E-state index is 0.0555. The smallest absolute Gasteiger partial charge is 0.419 e. The first-order chi connectivity index (χ1) is 12.8. The predicted molar refractivity (Wildman–Crippen MR) is 92.8 cm³/mol. The first-order valence-electron chi connectivity index (χ1n) is 8.12. The zero-order chi connectivity index (χ0) is 19.6. The number of alkyl halides is 3. The SMILES string of the molecule is Cn1cnc2c(C#N)nc(-c3ccc(OCCCN)c(C(F)(F)F)c3)cc21. The molecule has 0 unspecified atom stereocenters. The van der Waals surface area contributed by atoms with Gasteiger partial charge in [-0.25, -0.2) is 9.97 Å². The van der Waals surface area contributed by atoms with Crippen molar-refractivity contribution in [2.24, 2.45) is 12.8 Å². The van der Waals surface area contributed by atoms with Gasteiger partial charge in [-0.1, -0.05) is 0 Å².